The van der Waals surface area contributed by atoms with Gasteiger partial charge in [0.2, 0.25) is 0 Å². The van der Waals surface area contributed by atoms with E-state index < -0.39 is 0 Å². The molecule has 1 N–H and O–H groups in total. The Morgan fingerprint density at radius 2 is 2.10 bits per heavy atom. The average Bonchev–Trinajstić information content (AvgIpc) is 3.14. The van der Waals surface area contributed by atoms with E-state index in [0.717, 1.165) is 24.3 Å². The van der Waals surface area contributed by atoms with Crippen LogP contribution >= 0.6 is 0 Å². The van der Waals surface area contributed by atoms with Crippen LogP contribution in [0.3, 0.4) is 0 Å². The first-order valence-electron chi connectivity index (χ1n) is 8.05. The molecule has 4 rings (SSSR count). The van der Waals surface area contributed by atoms with Crippen LogP contribution in [0.4, 0.5) is 0 Å². The molecule has 4 heterocycles. The first-order chi connectivity index (χ1) is 10.3. The number of hydrogen-bond donors (Lipinski definition) is 1. The van der Waals surface area contributed by atoms with E-state index in [9.17, 15) is 0 Å². The van der Waals surface area contributed by atoms with Crippen molar-refractivity contribution in [3.63, 3.8) is 0 Å². The maximum Gasteiger partial charge on any atom is 0.160 e. The van der Waals surface area contributed by atoms with Crippen LogP contribution in [0.5, 0.6) is 0 Å². The molecule has 0 amide bonds. The van der Waals surface area contributed by atoms with E-state index in [2.05, 4.69) is 32.9 Å². The summed E-state index contributed by atoms with van der Waals surface area (Å²) in [5, 5.41) is 3.48. The van der Waals surface area contributed by atoms with Gasteiger partial charge in [0, 0.05) is 18.7 Å². The first-order valence-corrected chi connectivity index (χ1v) is 8.05. The van der Waals surface area contributed by atoms with Gasteiger partial charge < -0.3 is 14.8 Å². The zero-order chi connectivity index (χ0) is 14.2. The molecule has 0 radical (unpaired) electrons. The number of hydrogen-bond acceptors (Lipinski definition) is 4. The molecule has 112 valence electrons. The van der Waals surface area contributed by atoms with Crippen molar-refractivity contribution >= 4 is 11.2 Å². The summed E-state index contributed by atoms with van der Waals surface area (Å²) in [7, 11) is 2.21. The Morgan fingerprint density at radius 3 is 2.86 bits per heavy atom. The first kappa shape index (κ1) is 13.2. The van der Waals surface area contributed by atoms with Gasteiger partial charge in [0.05, 0.1) is 6.04 Å². The van der Waals surface area contributed by atoms with Gasteiger partial charge in [-0.15, -0.1) is 0 Å². The maximum atomic E-state index is 4.96. The third-order valence-corrected chi connectivity index (χ3v) is 4.96. The summed E-state index contributed by atoms with van der Waals surface area (Å²) < 4.78 is 2.44. The number of pyridine rings is 1. The number of piperidine rings is 1. The molecule has 2 fully saturated rings. The van der Waals surface area contributed by atoms with Crippen molar-refractivity contribution in [2.24, 2.45) is 0 Å². The molecule has 0 aromatic carbocycles. The van der Waals surface area contributed by atoms with Crippen LogP contribution in [-0.2, 0) is 0 Å². The summed E-state index contributed by atoms with van der Waals surface area (Å²) in [6.45, 7) is 4.49. The molecule has 0 aliphatic carbocycles. The van der Waals surface area contributed by atoms with Gasteiger partial charge in [-0.2, -0.15) is 0 Å². The third-order valence-electron chi connectivity index (χ3n) is 4.96. The second-order valence-corrected chi connectivity index (χ2v) is 6.41. The Balaban J connectivity index is 1.77. The molecule has 1 atom stereocenters. The van der Waals surface area contributed by atoms with Crippen molar-refractivity contribution in [2.45, 2.75) is 31.2 Å². The molecule has 5 nitrogen and oxygen atoms in total. The quantitative estimate of drug-likeness (QED) is 0.913. The van der Waals surface area contributed by atoms with Gasteiger partial charge in [0.25, 0.3) is 0 Å². The fourth-order valence-corrected chi connectivity index (χ4v) is 3.72. The van der Waals surface area contributed by atoms with Gasteiger partial charge in [-0.05, 0) is 58.1 Å². The minimum absolute atomic E-state index is 0.513. The molecule has 1 unspecified atom stereocenters. The molecule has 2 aliphatic heterocycles. The van der Waals surface area contributed by atoms with E-state index in [1.807, 2.05) is 12.3 Å². The predicted molar refractivity (Wildman–Crippen MR) is 83.5 cm³/mol. The highest BCUT2D eigenvalue weighted by Gasteiger charge is 2.28. The molecule has 2 aliphatic rings. The smallest absolute Gasteiger partial charge is 0.160 e. The summed E-state index contributed by atoms with van der Waals surface area (Å²) in [4.78, 5) is 12.0. The molecule has 2 aromatic heterocycles. The Hall–Kier alpha value is -1.46. The number of nitrogens with one attached hydrogen (secondary N) is 1. The van der Waals surface area contributed by atoms with E-state index in [1.165, 1.54) is 38.2 Å². The Bertz CT molecular complexity index is 621. The average molecular weight is 285 g/mol. The van der Waals surface area contributed by atoms with Crippen LogP contribution in [0.15, 0.2) is 18.3 Å². The van der Waals surface area contributed by atoms with Gasteiger partial charge in [0.15, 0.2) is 5.65 Å². The minimum Gasteiger partial charge on any atom is -0.315 e. The zero-order valence-corrected chi connectivity index (χ0v) is 12.6. The second kappa shape index (κ2) is 5.39. The van der Waals surface area contributed by atoms with E-state index in [-0.39, 0.29) is 0 Å². The van der Waals surface area contributed by atoms with Crippen LogP contribution in [0.2, 0.25) is 0 Å². The fourth-order valence-electron chi connectivity index (χ4n) is 3.72. The van der Waals surface area contributed by atoms with Crippen LogP contribution in [0.1, 0.15) is 37.0 Å². The van der Waals surface area contributed by atoms with Crippen molar-refractivity contribution in [2.75, 3.05) is 33.2 Å². The normalized spacial score (nSPS) is 24.9. The number of aromatic nitrogens is 3. The van der Waals surface area contributed by atoms with E-state index in [0.29, 0.717) is 12.0 Å². The van der Waals surface area contributed by atoms with Gasteiger partial charge in [-0.25, -0.2) is 9.97 Å². The molecule has 2 saturated heterocycles. The van der Waals surface area contributed by atoms with Crippen LogP contribution in [0.25, 0.3) is 11.2 Å². The standard InChI is InChI=1S/C16H23N5/c1-20-9-5-12(6-10-20)15-19-14-3-2-7-18-16(14)21(15)13-4-8-17-11-13/h2-3,7,12-13,17H,4-6,8-11H2,1H3. The van der Waals surface area contributed by atoms with Gasteiger partial charge in [-0.3, -0.25) is 0 Å². The summed E-state index contributed by atoms with van der Waals surface area (Å²) >= 11 is 0. The topological polar surface area (TPSA) is 46.0 Å². The van der Waals surface area contributed by atoms with Crippen LogP contribution in [0, 0.1) is 0 Å². The molecule has 0 spiro atoms. The van der Waals surface area contributed by atoms with E-state index >= 15 is 0 Å². The van der Waals surface area contributed by atoms with Crippen molar-refractivity contribution in [3.05, 3.63) is 24.2 Å². The van der Waals surface area contributed by atoms with E-state index in [1.54, 1.807) is 0 Å². The lowest BCUT2D eigenvalue weighted by molar-refractivity contribution is 0.247. The summed E-state index contributed by atoms with van der Waals surface area (Å²) in [6.07, 6.45) is 5.49. The monoisotopic (exact) mass is 285 g/mol. The van der Waals surface area contributed by atoms with Gasteiger partial charge >= 0.3 is 0 Å². The van der Waals surface area contributed by atoms with Crippen molar-refractivity contribution in [1.29, 1.82) is 0 Å². The highest BCUT2D eigenvalue weighted by molar-refractivity contribution is 5.71. The Morgan fingerprint density at radius 1 is 1.24 bits per heavy atom. The zero-order valence-electron chi connectivity index (χ0n) is 12.6. The highest BCUT2D eigenvalue weighted by atomic mass is 15.2. The lowest BCUT2D eigenvalue weighted by Gasteiger charge is -2.29. The lowest BCUT2D eigenvalue weighted by Crippen LogP contribution is -2.31. The lowest BCUT2D eigenvalue weighted by atomic mass is 9.96. The van der Waals surface area contributed by atoms with Crippen molar-refractivity contribution in [1.82, 2.24) is 24.8 Å². The third kappa shape index (κ3) is 2.34. The SMILES string of the molecule is CN1CCC(c2nc3cccnc3n2C2CCNC2)CC1. The number of imidazole rings is 1. The van der Waals surface area contributed by atoms with Gasteiger partial charge in [0.1, 0.15) is 11.3 Å². The minimum atomic E-state index is 0.513. The summed E-state index contributed by atoms with van der Waals surface area (Å²) in [5.74, 6) is 1.85. The predicted octanol–water partition coefficient (Wildman–Crippen LogP) is 1.77. The molecule has 0 saturated carbocycles. The molecular formula is C16H23N5. The Labute approximate surface area is 125 Å². The summed E-state index contributed by atoms with van der Waals surface area (Å²) in [5.41, 5.74) is 2.12. The number of rotatable bonds is 2. The molecule has 0 bridgehead atoms. The fraction of sp³-hybridized carbons (Fsp3) is 0.625. The summed E-state index contributed by atoms with van der Waals surface area (Å²) in [6, 6.07) is 4.60. The van der Waals surface area contributed by atoms with Crippen molar-refractivity contribution in [3.8, 4) is 0 Å². The van der Waals surface area contributed by atoms with Crippen molar-refractivity contribution < 1.29 is 0 Å². The number of nitrogens with zero attached hydrogens (tertiary/aromatic N) is 4. The molecule has 5 heteroatoms. The van der Waals surface area contributed by atoms with Crippen LogP contribution < -0.4 is 5.32 Å². The molecule has 2 aromatic rings. The second-order valence-electron chi connectivity index (χ2n) is 6.41. The largest absolute Gasteiger partial charge is 0.315 e. The number of likely N-dealkylation sites (tertiary alicyclic amines) is 1. The number of fused-ring (bicyclic) bond motifs is 1. The maximum absolute atomic E-state index is 4.96. The molecule has 21 heavy (non-hydrogen) atoms. The highest BCUT2D eigenvalue weighted by Crippen LogP contribution is 2.32. The van der Waals surface area contributed by atoms with E-state index in [4.69, 9.17) is 4.98 Å². The van der Waals surface area contributed by atoms with Crippen LogP contribution in [-0.4, -0.2) is 52.7 Å². The molecular weight excluding hydrogens is 262 g/mol. The van der Waals surface area contributed by atoms with Gasteiger partial charge in [-0.1, -0.05) is 0 Å². The Kier molecular flexibility index (Phi) is 3.39.